The largest absolute Gasteiger partial charge is 0.497 e. The van der Waals surface area contributed by atoms with E-state index < -0.39 is 5.97 Å². The molecule has 1 aromatic carbocycles. The standard InChI is InChI=1S/C11H10N2O4S/c1-16-7-2-4-8(5-3-7)17-6-9-10(11(14)15)12-13-18-9/h2-5H,6H2,1H3,(H,14,15). The first kappa shape index (κ1) is 12.3. The van der Waals surface area contributed by atoms with Gasteiger partial charge >= 0.3 is 5.97 Å². The Morgan fingerprint density at radius 1 is 1.33 bits per heavy atom. The van der Waals surface area contributed by atoms with Gasteiger partial charge in [-0.05, 0) is 35.8 Å². The zero-order valence-corrected chi connectivity index (χ0v) is 10.3. The maximum atomic E-state index is 10.8. The number of carbonyl (C=O) groups is 1. The van der Waals surface area contributed by atoms with Crippen molar-refractivity contribution in [3.8, 4) is 11.5 Å². The summed E-state index contributed by atoms with van der Waals surface area (Å²) in [6.45, 7) is 0.131. The van der Waals surface area contributed by atoms with Gasteiger partial charge in [0.05, 0.1) is 12.0 Å². The molecule has 0 aliphatic heterocycles. The summed E-state index contributed by atoms with van der Waals surface area (Å²) in [6.07, 6.45) is 0. The minimum absolute atomic E-state index is 0.0616. The molecule has 6 nitrogen and oxygen atoms in total. The highest BCUT2D eigenvalue weighted by Crippen LogP contribution is 2.19. The molecule has 1 heterocycles. The minimum Gasteiger partial charge on any atom is -0.497 e. The van der Waals surface area contributed by atoms with E-state index in [9.17, 15) is 4.79 Å². The third-order valence-electron chi connectivity index (χ3n) is 2.19. The predicted octanol–water partition coefficient (Wildman–Crippen LogP) is 1.82. The van der Waals surface area contributed by atoms with Crippen LogP contribution in [0.5, 0.6) is 11.5 Å². The van der Waals surface area contributed by atoms with Gasteiger partial charge in [-0.25, -0.2) is 4.79 Å². The number of rotatable bonds is 5. The Hall–Kier alpha value is -2.15. The van der Waals surface area contributed by atoms with E-state index in [1.54, 1.807) is 31.4 Å². The lowest BCUT2D eigenvalue weighted by Crippen LogP contribution is -2.03. The Kier molecular flexibility index (Phi) is 3.73. The summed E-state index contributed by atoms with van der Waals surface area (Å²) < 4.78 is 14.1. The van der Waals surface area contributed by atoms with Crippen LogP contribution in [0.2, 0.25) is 0 Å². The zero-order valence-electron chi connectivity index (χ0n) is 9.49. The van der Waals surface area contributed by atoms with Gasteiger partial charge in [0.15, 0.2) is 5.69 Å². The van der Waals surface area contributed by atoms with Crippen LogP contribution in [-0.2, 0) is 6.61 Å². The van der Waals surface area contributed by atoms with Crippen LogP contribution in [0.3, 0.4) is 0 Å². The van der Waals surface area contributed by atoms with Crippen molar-refractivity contribution >= 4 is 17.5 Å². The quantitative estimate of drug-likeness (QED) is 0.889. The molecule has 0 amide bonds. The second kappa shape index (κ2) is 5.46. The summed E-state index contributed by atoms with van der Waals surface area (Å²) in [5, 5.41) is 12.4. The van der Waals surface area contributed by atoms with Crippen molar-refractivity contribution in [2.75, 3.05) is 7.11 Å². The minimum atomic E-state index is -1.10. The van der Waals surface area contributed by atoms with Crippen molar-refractivity contribution in [2.45, 2.75) is 6.61 Å². The SMILES string of the molecule is COc1ccc(OCc2snnc2C(=O)O)cc1. The van der Waals surface area contributed by atoms with E-state index in [4.69, 9.17) is 14.6 Å². The number of benzene rings is 1. The van der Waals surface area contributed by atoms with Crippen LogP contribution in [0.25, 0.3) is 0 Å². The molecule has 0 fully saturated rings. The first-order chi connectivity index (χ1) is 8.70. The van der Waals surface area contributed by atoms with Crippen LogP contribution in [-0.4, -0.2) is 27.8 Å². The molecule has 2 rings (SSSR count). The summed E-state index contributed by atoms with van der Waals surface area (Å²) >= 11 is 1.01. The van der Waals surface area contributed by atoms with Crippen molar-refractivity contribution in [1.29, 1.82) is 0 Å². The van der Waals surface area contributed by atoms with E-state index in [-0.39, 0.29) is 12.3 Å². The number of carboxylic acids is 1. The molecular weight excluding hydrogens is 256 g/mol. The van der Waals surface area contributed by atoms with E-state index in [1.165, 1.54) is 0 Å². The van der Waals surface area contributed by atoms with Gasteiger partial charge in [0.25, 0.3) is 0 Å². The second-order valence-electron chi connectivity index (χ2n) is 3.31. The van der Waals surface area contributed by atoms with Crippen LogP contribution in [0.1, 0.15) is 15.4 Å². The molecular formula is C11H10N2O4S. The fraction of sp³-hybridized carbons (Fsp3) is 0.182. The van der Waals surface area contributed by atoms with Crippen LogP contribution in [0.4, 0.5) is 0 Å². The predicted molar refractivity (Wildman–Crippen MR) is 64.2 cm³/mol. The first-order valence-corrected chi connectivity index (χ1v) is 5.79. The third-order valence-corrected chi connectivity index (χ3v) is 2.88. The molecule has 94 valence electrons. The average molecular weight is 266 g/mol. The lowest BCUT2D eigenvalue weighted by Gasteiger charge is -2.05. The van der Waals surface area contributed by atoms with Crippen LogP contribution in [0.15, 0.2) is 24.3 Å². The lowest BCUT2D eigenvalue weighted by molar-refractivity contribution is 0.0687. The molecule has 0 spiro atoms. The molecule has 18 heavy (non-hydrogen) atoms. The Labute approximate surface area is 107 Å². The molecule has 0 atom stereocenters. The van der Waals surface area contributed by atoms with E-state index in [0.29, 0.717) is 10.6 Å². The smallest absolute Gasteiger partial charge is 0.357 e. The van der Waals surface area contributed by atoms with Crippen molar-refractivity contribution < 1.29 is 19.4 Å². The maximum Gasteiger partial charge on any atom is 0.357 e. The van der Waals surface area contributed by atoms with E-state index in [2.05, 4.69) is 9.59 Å². The van der Waals surface area contributed by atoms with Crippen LogP contribution >= 0.6 is 11.5 Å². The number of aromatic nitrogens is 2. The monoisotopic (exact) mass is 266 g/mol. The summed E-state index contributed by atoms with van der Waals surface area (Å²) in [7, 11) is 1.58. The number of nitrogens with zero attached hydrogens (tertiary/aromatic N) is 2. The summed E-state index contributed by atoms with van der Waals surface area (Å²) in [5.74, 6) is 0.255. The number of carboxylic acid groups (broad SMARTS) is 1. The lowest BCUT2D eigenvalue weighted by atomic mass is 10.3. The number of ether oxygens (including phenoxy) is 2. The normalized spacial score (nSPS) is 10.1. The number of hydrogen-bond acceptors (Lipinski definition) is 6. The van der Waals surface area contributed by atoms with Gasteiger partial charge in [-0.2, -0.15) is 0 Å². The highest BCUT2D eigenvalue weighted by Gasteiger charge is 2.15. The van der Waals surface area contributed by atoms with Crippen LogP contribution in [0, 0.1) is 0 Å². The molecule has 0 aliphatic rings. The van der Waals surface area contributed by atoms with Crippen molar-refractivity contribution in [2.24, 2.45) is 0 Å². The Morgan fingerprint density at radius 2 is 2.00 bits per heavy atom. The van der Waals surface area contributed by atoms with E-state index in [1.807, 2.05) is 0 Å². The summed E-state index contributed by atoms with van der Waals surface area (Å²) in [6, 6.07) is 7.01. The fourth-order valence-corrected chi connectivity index (χ4v) is 1.83. The maximum absolute atomic E-state index is 10.8. The molecule has 1 N–H and O–H groups in total. The molecule has 7 heteroatoms. The molecule has 0 saturated heterocycles. The van der Waals surface area contributed by atoms with Crippen molar-refractivity contribution in [3.63, 3.8) is 0 Å². The first-order valence-electron chi connectivity index (χ1n) is 5.02. The van der Waals surface area contributed by atoms with Gasteiger partial charge in [0.2, 0.25) is 0 Å². The number of aromatic carboxylic acids is 1. The van der Waals surface area contributed by atoms with Crippen molar-refractivity contribution in [3.05, 3.63) is 34.8 Å². The topological polar surface area (TPSA) is 81.5 Å². The number of methoxy groups -OCH3 is 1. The second-order valence-corrected chi connectivity index (χ2v) is 4.15. The molecule has 2 aromatic rings. The third kappa shape index (κ3) is 2.75. The Morgan fingerprint density at radius 3 is 2.61 bits per heavy atom. The highest BCUT2D eigenvalue weighted by atomic mass is 32.1. The van der Waals surface area contributed by atoms with Crippen molar-refractivity contribution in [1.82, 2.24) is 9.59 Å². The molecule has 0 unspecified atom stereocenters. The van der Waals surface area contributed by atoms with Crippen LogP contribution < -0.4 is 9.47 Å². The van der Waals surface area contributed by atoms with Gasteiger partial charge in [-0.3, -0.25) is 0 Å². The van der Waals surface area contributed by atoms with Gasteiger partial charge < -0.3 is 14.6 Å². The Balaban J connectivity index is 2.02. The summed E-state index contributed by atoms with van der Waals surface area (Å²) in [5.41, 5.74) is -0.0616. The highest BCUT2D eigenvalue weighted by molar-refractivity contribution is 7.05. The molecule has 0 aliphatic carbocycles. The molecule has 0 saturated carbocycles. The fourth-order valence-electron chi connectivity index (χ4n) is 1.29. The molecule has 0 bridgehead atoms. The Bertz CT molecular complexity index is 538. The van der Waals surface area contributed by atoms with E-state index in [0.717, 1.165) is 17.3 Å². The van der Waals surface area contributed by atoms with Gasteiger partial charge in [-0.1, -0.05) is 4.49 Å². The zero-order chi connectivity index (χ0) is 13.0. The summed E-state index contributed by atoms with van der Waals surface area (Å²) in [4.78, 5) is 11.3. The van der Waals surface area contributed by atoms with Gasteiger partial charge in [0.1, 0.15) is 18.1 Å². The molecule has 0 radical (unpaired) electrons. The van der Waals surface area contributed by atoms with Gasteiger partial charge in [-0.15, -0.1) is 5.10 Å². The average Bonchev–Trinajstić information content (AvgIpc) is 2.85. The number of hydrogen-bond donors (Lipinski definition) is 1. The van der Waals surface area contributed by atoms with Gasteiger partial charge in [0, 0.05) is 0 Å². The van der Waals surface area contributed by atoms with E-state index >= 15 is 0 Å². The molecule has 1 aromatic heterocycles.